The number of anilines is 2. The van der Waals surface area contributed by atoms with E-state index in [1.807, 2.05) is 13.2 Å². The molecule has 2 aromatic rings. The highest BCUT2D eigenvalue weighted by molar-refractivity contribution is 9.10. The van der Waals surface area contributed by atoms with Gasteiger partial charge < -0.3 is 5.32 Å². The second-order valence-corrected chi connectivity index (χ2v) is 4.62. The van der Waals surface area contributed by atoms with E-state index in [0.29, 0.717) is 15.4 Å². The van der Waals surface area contributed by atoms with E-state index in [1.165, 1.54) is 6.33 Å². The second kappa shape index (κ2) is 5.01. The molecule has 17 heavy (non-hydrogen) atoms. The van der Waals surface area contributed by atoms with Gasteiger partial charge in [-0.1, -0.05) is 18.5 Å². The maximum atomic E-state index is 5.90. The van der Waals surface area contributed by atoms with Crippen LogP contribution in [0.4, 0.5) is 11.5 Å². The lowest BCUT2D eigenvalue weighted by molar-refractivity contribution is 0.746. The summed E-state index contributed by atoms with van der Waals surface area (Å²) in [5.41, 5.74) is 1.90. The third-order valence-corrected chi connectivity index (χ3v) is 3.51. The first-order chi connectivity index (χ1) is 8.11. The summed E-state index contributed by atoms with van der Waals surface area (Å²) < 4.78 is 2.41. The van der Waals surface area contributed by atoms with E-state index in [0.717, 1.165) is 17.8 Å². The molecule has 2 heterocycles. The van der Waals surface area contributed by atoms with Crippen molar-refractivity contribution in [2.45, 2.75) is 13.3 Å². The number of hydrogen-bond acceptors (Lipinski definition) is 4. The largest absolute Gasteiger partial charge is 0.336 e. The van der Waals surface area contributed by atoms with Crippen molar-refractivity contribution >= 4 is 39.0 Å². The Bertz CT molecular complexity index is 539. The predicted octanol–water partition coefficient (Wildman–Crippen LogP) is 2.93. The van der Waals surface area contributed by atoms with E-state index in [4.69, 9.17) is 11.6 Å². The third-order valence-electron chi connectivity index (χ3n) is 2.24. The number of nitrogens with one attached hydrogen (secondary N) is 1. The number of hydrogen-bond donors (Lipinski definition) is 1. The molecule has 2 aromatic heterocycles. The van der Waals surface area contributed by atoms with Crippen molar-refractivity contribution in [3.63, 3.8) is 0 Å². The Morgan fingerprint density at radius 1 is 1.47 bits per heavy atom. The van der Waals surface area contributed by atoms with E-state index in [2.05, 4.69) is 43.2 Å². The molecule has 2 rings (SSSR count). The van der Waals surface area contributed by atoms with Gasteiger partial charge in [-0.05, 0) is 22.4 Å². The Morgan fingerprint density at radius 3 is 2.94 bits per heavy atom. The summed E-state index contributed by atoms with van der Waals surface area (Å²) in [5, 5.41) is 7.91. The summed E-state index contributed by atoms with van der Waals surface area (Å²) in [7, 11) is 1.88. The molecule has 0 saturated carbocycles. The Hall–Kier alpha value is -1.14. The highest BCUT2D eigenvalue weighted by atomic mass is 79.9. The topological polar surface area (TPSA) is 55.6 Å². The van der Waals surface area contributed by atoms with E-state index in [1.54, 1.807) is 4.68 Å². The van der Waals surface area contributed by atoms with Gasteiger partial charge in [0, 0.05) is 13.2 Å². The summed E-state index contributed by atoms with van der Waals surface area (Å²) in [6.07, 6.45) is 4.16. The predicted molar refractivity (Wildman–Crippen MR) is 70.6 cm³/mol. The van der Waals surface area contributed by atoms with Gasteiger partial charge in [0.2, 0.25) is 0 Å². The molecule has 7 heteroatoms. The van der Waals surface area contributed by atoms with Crippen LogP contribution in [0, 0.1) is 0 Å². The first kappa shape index (κ1) is 12.3. The molecule has 0 aromatic carbocycles. The highest BCUT2D eigenvalue weighted by Gasteiger charge is 2.11. The molecule has 0 fully saturated rings. The number of rotatable bonds is 3. The zero-order valence-electron chi connectivity index (χ0n) is 9.41. The van der Waals surface area contributed by atoms with Crippen LogP contribution in [0.1, 0.15) is 12.6 Å². The fourth-order valence-electron chi connectivity index (χ4n) is 1.46. The SMILES string of the molecule is CCc1nn(C)cc1Nc1ncnc(Cl)c1Br. The molecule has 0 amide bonds. The molecule has 0 unspecified atom stereocenters. The van der Waals surface area contributed by atoms with Crippen molar-refractivity contribution in [2.24, 2.45) is 7.05 Å². The fourth-order valence-corrected chi connectivity index (χ4v) is 1.90. The molecule has 0 bridgehead atoms. The van der Waals surface area contributed by atoms with Crippen molar-refractivity contribution < 1.29 is 0 Å². The van der Waals surface area contributed by atoms with Gasteiger partial charge in [-0.2, -0.15) is 5.10 Å². The van der Waals surface area contributed by atoms with Crippen LogP contribution in [-0.2, 0) is 13.5 Å². The van der Waals surface area contributed by atoms with Gasteiger partial charge in [0.15, 0.2) is 0 Å². The summed E-state index contributed by atoms with van der Waals surface area (Å²) in [5.74, 6) is 0.632. The van der Waals surface area contributed by atoms with Crippen LogP contribution in [0.3, 0.4) is 0 Å². The van der Waals surface area contributed by atoms with Crippen LogP contribution in [0.15, 0.2) is 17.0 Å². The van der Waals surface area contributed by atoms with Gasteiger partial charge in [0.05, 0.1) is 15.9 Å². The van der Waals surface area contributed by atoms with Gasteiger partial charge in [0.25, 0.3) is 0 Å². The van der Waals surface area contributed by atoms with Gasteiger partial charge in [0.1, 0.15) is 17.3 Å². The van der Waals surface area contributed by atoms with E-state index in [-0.39, 0.29) is 0 Å². The smallest absolute Gasteiger partial charge is 0.149 e. The average Bonchev–Trinajstić information content (AvgIpc) is 2.65. The van der Waals surface area contributed by atoms with Crippen molar-refractivity contribution in [1.29, 1.82) is 0 Å². The van der Waals surface area contributed by atoms with Gasteiger partial charge in [-0.15, -0.1) is 0 Å². The molecule has 0 atom stereocenters. The fraction of sp³-hybridized carbons (Fsp3) is 0.300. The molecule has 0 aliphatic rings. The Labute approximate surface area is 112 Å². The summed E-state index contributed by atoms with van der Waals surface area (Å²) >= 11 is 9.24. The van der Waals surface area contributed by atoms with Crippen LogP contribution in [0.25, 0.3) is 0 Å². The molecular weight excluding hydrogens is 306 g/mol. The quantitative estimate of drug-likeness (QED) is 0.885. The monoisotopic (exact) mass is 315 g/mol. The van der Waals surface area contributed by atoms with Gasteiger partial charge in [-0.3, -0.25) is 4.68 Å². The summed E-state index contributed by atoms with van der Waals surface area (Å²) in [6.45, 7) is 2.05. The van der Waals surface area contributed by atoms with Crippen LogP contribution in [0.5, 0.6) is 0 Å². The normalized spacial score (nSPS) is 10.6. The zero-order valence-corrected chi connectivity index (χ0v) is 11.7. The van der Waals surface area contributed by atoms with Crippen LogP contribution in [0.2, 0.25) is 5.15 Å². The third kappa shape index (κ3) is 2.58. The number of halogens is 2. The lowest BCUT2D eigenvalue weighted by atomic mass is 10.3. The minimum absolute atomic E-state index is 0.379. The minimum Gasteiger partial charge on any atom is -0.336 e. The minimum atomic E-state index is 0.379. The number of aryl methyl sites for hydroxylation is 2. The van der Waals surface area contributed by atoms with Crippen molar-refractivity contribution in [1.82, 2.24) is 19.7 Å². The van der Waals surface area contributed by atoms with Crippen LogP contribution < -0.4 is 5.32 Å². The van der Waals surface area contributed by atoms with Crippen LogP contribution >= 0.6 is 27.5 Å². The highest BCUT2D eigenvalue weighted by Crippen LogP contribution is 2.29. The van der Waals surface area contributed by atoms with Crippen molar-refractivity contribution in [3.8, 4) is 0 Å². The van der Waals surface area contributed by atoms with Crippen LogP contribution in [-0.4, -0.2) is 19.7 Å². The summed E-state index contributed by atoms with van der Waals surface area (Å²) in [6, 6.07) is 0. The lowest BCUT2D eigenvalue weighted by Gasteiger charge is -2.06. The Balaban J connectivity index is 2.34. The number of aromatic nitrogens is 4. The van der Waals surface area contributed by atoms with E-state index >= 15 is 0 Å². The Morgan fingerprint density at radius 2 is 2.24 bits per heavy atom. The van der Waals surface area contributed by atoms with Gasteiger partial charge in [-0.25, -0.2) is 9.97 Å². The molecule has 0 saturated heterocycles. The molecule has 1 N–H and O–H groups in total. The summed E-state index contributed by atoms with van der Waals surface area (Å²) in [4.78, 5) is 8.00. The van der Waals surface area contributed by atoms with E-state index < -0.39 is 0 Å². The molecule has 0 aliphatic carbocycles. The first-order valence-electron chi connectivity index (χ1n) is 5.07. The van der Waals surface area contributed by atoms with Gasteiger partial charge >= 0.3 is 0 Å². The van der Waals surface area contributed by atoms with Crippen molar-refractivity contribution in [3.05, 3.63) is 27.8 Å². The average molecular weight is 317 g/mol. The zero-order chi connectivity index (χ0) is 12.4. The van der Waals surface area contributed by atoms with E-state index in [9.17, 15) is 0 Å². The Kier molecular flexibility index (Phi) is 3.63. The second-order valence-electron chi connectivity index (χ2n) is 3.47. The molecule has 0 radical (unpaired) electrons. The molecule has 5 nitrogen and oxygen atoms in total. The molecule has 0 aliphatic heterocycles. The number of nitrogens with zero attached hydrogens (tertiary/aromatic N) is 4. The molecule has 90 valence electrons. The standard InChI is InChI=1S/C10H11BrClN5/c1-3-6-7(4-17(2)16-6)15-10-8(11)9(12)13-5-14-10/h4-5H,3H2,1-2H3,(H,13,14,15). The molecule has 0 spiro atoms. The maximum absolute atomic E-state index is 5.90. The maximum Gasteiger partial charge on any atom is 0.149 e. The first-order valence-corrected chi connectivity index (χ1v) is 6.24. The molecular formula is C10H11BrClN5. The van der Waals surface area contributed by atoms with Crippen molar-refractivity contribution in [2.75, 3.05) is 5.32 Å². The lowest BCUT2D eigenvalue weighted by Crippen LogP contribution is -1.97.